The minimum atomic E-state index is -0.000162. The highest BCUT2D eigenvalue weighted by Gasteiger charge is 2.44. The van der Waals surface area contributed by atoms with E-state index in [9.17, 15) is 0 Å². The number of guanidine groups is 1. The van der Waals surface area contributed by atoms with Crippen molar-refractivity contribution in [3.05, 3.63) is 29.3 Å². The van der Waals surface area contributed by atoms with E-state index in [1.54, 1.807) is 0 Å². The molecule has 2 aliphatic rings. The fourth-order valence-corrected chi connectivity index (χ4v) is 3.54. The number of anilines is 1. The minimum Gasteiger partial charge on any atom is -0.369 e. The highest BCUT2D eigenvalue weighted by Crippen LogP contribution is 2.39. The Morgan fingerprint density at radius 1 is 1.25 bits per heavy atom. The molecule has 0 aliphatic carbocycles. The van der Waals surface area contributed by atoms with Crippen LogP contribution in [-0.2, 0) is 0 Å². The lowest BCUT2D eigenvalue weighted by Crippen LogP contribution is -2.52. The molecule has 3 rings (SSSR count). The lowest BCUT2D eigenvalue weighted by atomic mass is 9.89. The van der Waals surface area contributed by atoms with Crippen LogP contribution in [0.4, 0.5) is 5.69 Å². The number of nitrogens with zero attached hydrogens (tertiary/aromatic N) is 3. The quantitative estimate of drug-likeness (QED) is 0.864. The summed E-state index contributed by atoms with van der Waals surface area (Å²) in [5.74, 6) is 0.600. The third kappa shape index (κ3) is 2.27. The van der Waals surface area contributed by atoms with Crippen LogP contribution in [0.1, 0.15) is 19.3 Å². The third-order valence-corrected chi connectivity index (χ3v) is 4.79. The standard InChI is InChI=1S/C15H21ClN4/c1-19-9-4-7-15(8-10-19)11-18-14(17)20(15)13-6-3-2-5-12(13)16/h2-3,5-6H,4,7-11H2,1H3,(H2,17,18). The van der Waals surface area contributed by atoms with Crippen molar-refractivity contribution >= 4 is 23.2 Å². The first-order valence-corrected chi connectivity index (χ1v) is 7.53. The Hall–Kier alpha value is -1.26. The molecule has 0 aromatic heterocycles. The Balaban J connectivity index is 1.98. The fraction of sp³-hybridized carbons (Fsp3) is 0.533. The van der Waals surface area contributed by atoms with Crippen molar-refractivity contribution < 1.29 is 0 Å². The van der Waals surface area contributed by atoms with Crippen LogP contribution in [0.25, 0.3) is 0 Å². The second-order valence-electron chi connectivity index (χ2n) is 5.84. The van der Waals surface area contributed by atoms with Gasteiger partial charge in [0, 0.05) is 6.54 Å². The van der Waals surface area contributed by atoms with E-state index >= 15 is 0 Å². The molecule has 1 atom stereocenters. The number of nitrogens with two attached hydrogens (primary N) is 1. The summed E-state index contributed by atoms with van der Waals surface area (Å²) in [5, 5.41) is 0.740. The van der Waals surface area contributed by atoms with Gasteiger partial charge in [-0.15, -0.1) is 0 Å². The van der Waals surface area contributed by atoms with Gasteiger partial charge in [0.2, 0.25) is 0 Å². The SMILES string of the molecule is CN1CCCC2(CC1)CN=C(N)N2c1ccccc1Cl. The Morgan fingerprint density at radius 2 is 2.05 bits per heavy atom. The molecular formula is C15H21ClN4. The maximum atomic E-state index is 6.38. The molecule has 0 saturated carbocycles. The van der Waals surface area contributed by atoms with Crippen molar-refractivity contribution in [3.8, 4) is 0 Å². The molecule has 4 nitrogen and oxygen atoms in total. The van der Waals surface area contributed by atoms with Gasteiger partial charge in [-0.2, -0.15) is 0 Å². The summed E-state index contributed by atoms with van der Waals surface area (Å²) in [5.41, 5.74) is 7.16. The summed E-state index contributed by atoms with van der Waals surface area (Å²) >= 11 is 6.38. The van der Waals surface area contributed by atoms with Crippen molar-refractivity contribution in [1.82, 2.24) is 4.90 Å². The van der Waals surface area contributed by atoms with E-state index in [1.165, 1.54) is 6.42 Å². The second-order valence-corrected chi connectivity index (χ2v) is 6.25. The number of benzene rings is 1. The maximum Gasteiger partial charge on any atom is 0.196 e. The van der Waals surface area contributed by atoms with Gasteiger partial charge >= 0.3 is 0 Å². The number of halogens is 1. The van der Waals surface area contributed by atoms with E-state index in [0.717, 1.165) is 43.2 Å². The van der Waals surface area contributed by atoms with Gasteiger partial charge in [-0.05, 0) is 45.0 Å². The number of hydrogen-bond acceptors (Lipinski definition) is 4. The molecule has 1 fully saturated rings. The smallest absolute Gasteiger partial charge is 0.196 e. The Kier molecular flexibility index (Phi) is 3.61. The van der Waals surface area contributed by atoms with Gasteiger partial charge in [-0.3, -0.25) is 4.99 Å². The summed E-state index contributed by atoms with van der Waals surface area (Å²) in [6.07, 6.45) is 3.34. The van der Waals surface area contributed by atoms with E-state index in [1.807, 2.05) is 24.3 Å². The summed E-state index contributed by atoms with van der Waals surface area (Å²) in [6, 6.07) is 7.90. The van der Waals surface area contributed by atoms with Crippen molar-refractivity contribution in [3.63, 3.8) is 0 Å². The Bertz CT molecular complexity index is 530. The van der Waals surface area contributed by atoms with Crippen LogP contribution < -0.4 is 10.6 Å². The Labute approximate surface area is 125 Å². The number of para-hydroxylation sites is 1. The zero-order valence-electron chi connectivity index (χ0n) is 11.8. The summed E-state index contributed by atoms with van der Waals surface area (Å²) in [4.78, 5) is 9.08. The highest BCUT2D eigenvalue weighted by atomic mass is 35.5. The monoisotopic (exact) mass is 292 g/mol. The largest absolute Gasteiger partial charge is 0.369 e. The minimum absolute atomic E-state index is 0.000162. The summed E-state index contributed by atoms with van der Waals surface area (Å²) in [7, 11) is 2.18. The van der Waals surface area contributed by atoms with Gasteiger partial charge in [0.25, 0.3) is 0 Å². The number of likely N-dealkylation sites (tertiary alicyclic amines) is 1. The average Bonchev–Trinajstić information content (AvgIpc) is 2.62. The molecule has 0 bridgehead atoms. The number of hydrogen-bond donors (Lipinski definition) is 1. The van der Waals surface area contributed by atoms with Crippen LogP contribution >= 0.6 is 11.6 Å². The molecular weight excluding hydrogens is 272 g/mol. The molecule has 1 unspecified atom stereocenters. The second kappa shape index (κ2) is 5.26. The van der Waals surface area contributed by atoms with Crippen LogP contribution in [-0.4, -0.2) is 43.1 Å². The van der Waals surface area contributed by atoms with Gasteiger partial charge in [0.1, 0.15) is 0 Å². The van der Waals surface area contributed by atoms with E-state index in [0.29, 0.717) is 5.96 Å². The topological polar surface area (TPSA) is 44.9 Å². The molecule has 1 spiro atoms. The van der Waals surface area contributed by atoms with Gasteiger partial charge in [-0.25, -0.2) is 0 Å². The number of rotatable bonds is 1. The van der Waals surface area contributed by atoms with Crippen molar-refractivity contribution in [2.24, 2.45) is 10.7 Å². The van der Waals surface area contributed by atoms with Gasteiger partial charge in [-0.1, -0.05) is 23.7 Å². The lowest BCUT2D eigenvalue weighted by Gasteiger charge is -2.39. The zero-order valence-corrected chi connectivity index (χ0v) is 12.6. The van der Waals surface area contributed by atoms with E-state index in [-0.39, 0.29) is 5.54 Å². The van der Waals surface area contributed by atoms with Crippen LogP contribution in [0.15, 0.2) is 29.3 Å². The fourth-order valence-electron chi connectivity index (χ4n) is 3.32. The molecule has 108 valence electrons. The molecule has 0 radical (unpaired) electrons. The van der Waals surface area contributed by atoms with Crippen LogP contribution in [0, 0.1) is 0 Å². The predicted octanol–water partition coefficient (Wildman–Crippen LogP) is 2.33. The molecule has 0 amide bonds. The van der Waals surface area contributed by atoms with E-state index in [2.05, 4.69) is 21.8 Å². The van der Waals surface area contributed by atoms with Crippen LogP contribution in [0.5, 0.6) is 0 Å². The molecule has 2 N–H and O–H groups in total. The first-order valence-electron chi connectivity index (χ1n) is 7.16. The van der Waals surface area contributed by atoms with Crippen molar-refractivity contribution in [2.75, 3.05) is 31.6 Å². The van der Waals surface area contributed by atoms with Gasteiger partial charge < -0.3 is 15.5 Å². The maximum absolute atomic E-state index is 6.38. The zero-order chi connectivity index (χ0) is 14.2. The summed E-state index contributed by atoms with van der Waals surface area (Å²) in [6.45, 7) is 2.99. The molecule has 2 aliphatic heterocycles. The van der Waals surface area contributed by atoms with E-state index in [4.69, 9.17) is 17.3 Å². The molecule has 1 aromatic carbocycles. The van der Waals surface area contributed by atoms with Gasteiger partial charge in [0.15, 0.2) is 5.96 Å². The molecule has 1 aromatic rings. The lowest BCUT2D eigenvalue weighted by molar-refractivity contribution is 0.334. The molecule has 20 heavy (non-hydrogen) atoms. The first-order chi connectivity index (χ1) is 9.62. The highest BCUT2D eigenvalue weighted by molar-refractivity contribution is 6.34. The number of aliphatic imine (C=N–C) groups is 1. The first kappa shape index (κ1) is 13.7. The van der Waals surface area contributed by atoms with Crippen molar-refractivity contribution in [2.45, 2.75) is 24.8 Å². The summed E-state index contributed by atoms with van der Waals surface area (Å²) < 4.78 is 0. The normalized spacial score (nSPS) is 27.7. The predicted molar refractivity (Wildman–Crippen MR) is 84.5 cm³/mol. The van der Waals surface area contributed by atoms with Crippen molar-refractivity contribution in [1.29, 1.82) is 0 Å². The van der Waals surface area contributed by atoms with Crippen LogP contribution in [0.3, 0.4) is 0 Å². The third-order valence-electron chi connectivity index (χ3n) is 4.47. The molecule has 2 heterocycles. The Morgan fingerprint density at radius 3 is 2.85 bits per heavy atom. The van der Waals surface area contributed by atoms with Crippen LogP contribution in [0.2, 0.25) is 5.02 Å². The molecule has 5 heteroatoms. The van der Waals surface area contributed by atoms with Gasteiger partial charge in [0.05, 0.1) is 22.8 Å². The average molecular weight is 293 g/mol. The molecule has 1 saturated heterocycles. The van der Waals surface area contributed by atoms with E-state index < -0.39 is 0 Å².